The number of rotatable bonds is 1. The van der Waals surface area contributed by atoms with E-state index >= 15 is 0 Å². The zero-order valence-electron chi connectivity index (χ0n) is 4.93. The van der Waals surface area contributed by atoms with E-state index in [9.17, 15) is 0 Å². The van der Waals surface area contributed by atoms with Crippen molar-refractivity contribution in [3.63, 3.8) is 0 Å². The van der Waals surface area contributed by atoms with Crippen LogP contribution in [0.4, 0.5) is 0 Å². The van der Waals surface area contributed by atoms with E-state index in [4.69, 9.17) is 3.07 Å². The minimum atomic E-state index is 0.487. The zero-order chi connectivity index (χ0) is 5.98. The average Bonchev–Trinajstić information content (AvgIpc) is 2.14. The second kappa shape index (κ2) is 2.98. The van der Waals surface area contributed by atoms with Crippen LogP contribution in [0.15, 0.2) is 0 Å². The molecule has 1 rings (SSSR count). The van der Waals surface area contributed by atoms with E-state index in [0.29, 0.717) is 6.10 Å². The van der Waals surface area contributed by atoms with Crippen LogP contribution in [0.2, 0.25) is 0 Å². The van der Waals surface area contributed by atoms with Gasteiger partial charge in [-0.3, -0.25) is 0 Å². The first kappa shape index (κ1) is 6.77. The van der Waals surface area contributed by atoms with Gasteiger partial charge in [0, 0.05) is 13.1 Å². The van der Waals surface area contributed by atoms with Crippen molar-refractivity contribution in [3.8, 4) is 0 Å². The van der Waals surface area contributed by atoms with Crippen molar-refractivity contribution in [2.75, 3.05) is 20.1 Å². The first-order valence-electron chi connectivity index (χ1n) is 2.79. The van der Waals surface area contributed by atoms with Crippen molar-refractivity contribution in [3.05, 3.63) is 0 Å². The summed E-state index contributed by atoms with van der Waals surface area (Å²) in [6.45, 7) is 2.29. The Balaban J connectivity index is 2.22. The second-order valence-corrected chi connectivity index (χ2v) is 2.77. The van der Waals surface area contributed by atoms with Crippen LogP contribution in [0.3, 0.4) is 0 Å². The number of likely N-dealkylation sites (tertiary alicyclic amines) is 1. The zero-order valence-corrected chi connectivity index (χ0v) is 7.09. The Labute approximate surface area is 63.9 Å². The Hall–Kier alpha value is 0.650. The number of likely N-dealkylation sites (N-methyl/N-ethyl adjacent to an activating group) is 1. The van der Waals surface area contributed by atoms with E-state index in [1.807, 2.05) is 23.0 Å². The summed E-state index contributed by atoms with van der Waals surface area (Å²) in [5.74, 6) is 0. The van der Waals surface area contributed by atoms with Crippen molar-refractivity contribution in [2.45, 2.75) is 12.5 Å². The third-order valence-electron chi connectivity index (χ3n) is 1.47. The van der Waals surface area contributed by atoms with Crippen molar-refractivity contribution in [2.24, 2.45) is 0 Å². The molecular weight excluding hydrogens is 217 g/mol. The topological polar surface area (TPSA) is 12.5 Å². The SMILES string of the molecule is CN1CC[C@H](OI)C1. The van der Waals surface area contributed by atoms with Gasteiger partial charge in [0.05, 0.1) is 6.10 Å². The van der Waals surface area contributed by atoms with Gasteiger partial charge in [0.15, 0.2) is 0 Å². The van der Waals surface area contributed by atoms with E-state index in [1.54, 1.807) is 0 Å². The van der Waals surface area contributed by atoms with Crippen molar-refractivity contribution < 1.29 is 3.07 Å². The highest BCUT2D eigenvalue weighted by Gasteiger charge is 2.18. The van der Waals surface area contributed by atoms with Crippen LogP contribution >= 0.6 is 23.0 Å². The minimum absolute atomic E-state index is 0.487. The Morgan fingerprint density at radius 2 is 2.50 bits per heavy atom. The third-order valence-corrected chi connectivity index (χ3v) is 2.19. The first-order chi connectivity index (χ1) is 3.83. The van der Waals surface area contributed by atoms with Gasteiger partial charge in [-0.15, -0.1) is 0 Å². The largest absolute Gasteiger partial charge is 0.311 e. The van der Waals surface area contributed by atoms with Crippen LogP contribution in [-0.4, -0.2) is 31.1 Å². The molecule has 0 unspecified atom stereocenters. The fourth-order valence-corrected chi connectivity index (χ4v) is 1.38. The Bertz CT molecular complexity index is 78.8. The fraction of sp³-hybridized carbons (Fsp3) is 1.00. The molecule has 1 atom stereocenters. The van der Waals surface area contributed by atoms with Gasteiger partial charge in [0.25, 0.3) is 0 Å². The molecule has 0 amide bonds. The number of hydrogen-bond acceptors (Lipinski definition) is 2. The Kier molecular flexibility index (Phi) is 2.52. The average molecular weight is 227 g/mol. The summed E-state index contributed by atoms with van der Waals surface area (Å²) < 4.78 is 5.11. The summed E-state index contributed by atoms with van der Waals surface area (Å²) in [5.41, 5.74) is 0. The van der Waals surface area contributed by atoms with Crippen LogP contribution in [-0.2, 0) is 3.07 Å². The molecule has 3 heteroatoms. The predicted octanol–water partition coefficient (Wildman–Crippen LogP) is 1.06. The first-order valence-corrected chi connectivity index (χ1v) is 3.67. The lowest BCUT2D eigenvalue weighted by atomic mass is 10.3. The van der Waals surface area contributed by atoms with Crippen molar-refractivity contribution in [1.82, 2.24) is 4.90 Å². The standard InChI is InChI=1S/C5H10INO/c1-7-3-2-5(4-7)8-6/h5H,2-4H2,1H3/t5-/m0/s1. The molecule has 1 heterocycles. The monoisotopic (exact) mass is 227 g/mol. The maximum Gasteiger partial charge on any atom is 0.110 e. The third kappa shape index (κ3) is 1.56. The van der Waals surface area contributed by atoms with E-state index in [2.05, 4.69) is 11.9 Å². The summed E-state index contributed by atoms with van der Waals surface area (Å²) in [6, 6.07) is 0. The molecule has 0 spiro atoms. The highest BCUT2D eigenvalue weighted by molar-refractivity contribution is 14.1. The van der Waals surface area contributed by atoms with E-state index in [1.165, 1.54) is 13.0 Å². The summed E-state index contributed by atoms with van der Waals surface area (Å²) in [5, 5.41) is 0. The molecule has 0 aromatic carbocycles. The molecule has 0 aliphatic carbocycles. The molecule has 1 saturated heterocycles. The maximum absolute atomic E-state index is 5.11. The summed E-state index contributed by atoms with van der Waals surface area (Å²) in [7, 11) is 2.12. The summed E-state index contributed by atoms with van der Waals surface area (Å²) in [6.07, 6.45) is 1.68. The molecule has 0 N–H and O–H groups in total. The molecular formula is C5H10INO. The van der Waals surface area contributed by atoms with Gasteiger partial charge >= 0.3 is 0 Å². The number of halogens is 1. The van der Waals surface area contributed by atoms with Gasteiger partial charge < -0.3 is 7.97 Å². The number of nitrogens with zero attached hydrogens (tertiary/aromatic N) is 1. The van der Waals surface area contributed by atoms with Crippen LogP contribution in [0.1, 0.15) is 6.42 Å². The molecule has 2 nitrogen and oxygen atoms in total. The molecule has 0 radical (unpaired) electrons. The molecule has 1 aliphatic rings. The van der Waals surface area contributed by atoms with Crippen LogP contribution < -0.4 is 0 Å². The molecule has 1 fully saturated rings. The lowest BCUT2D eigenvalue weighted by Gasteiger charge is -2.05. The molecule has 0 aromatic rings. The number of hydrogen-bond donors (Lipinski definition) is 0. The fourth-order valence-electron chi connectivity index (χ4n) is 0.967. The highest BCUT2D eigenvalue weighted by Crippen LogP contribution is 2.12. The predicted molar refractivity (Wildman–Crippen MR) is 41.0 cm³/mol. The lowest BCUT2D eigenvalue weighted by molar-refractivity contribution is 0.281. The minimum Gasteiger partial charge on any atom is -0.311 e. The molecule has 1 aliphatic heterocycles. The van der Waals surface area contributed by atoms with Gasteiger partial charge in [-0.25, -0.2) is 0 Å². The summed E-state index contributed by atoms with van der Waals surface area (Å²) in [4.78, 5) is 2.28. The quantitative estimate of drug-likeness (QED) is 0.621. The lowest BCUT2D eigenvalue weighted by Crippen LogP contribution is -2.16. The normalized spacial score (nSPS) is 31.5. The molecule has 8 heavy (non-hydrogen) atoms. The van der Waals surface area contributed by atoms with Crippen molar-refractivity contribution >= 4 is 23.0 Å². The van der Waals surface area contributed by atoms with Gasteiger partial charge in [-0.05, 0) is 13.5 Å². The second-order valence-electron chi connectivity index (χ2n) is 2.26. The van der Waals surface area contributed by atoms with Crippen molar-refractivity contribution in [1.29, 1.82) is 0 Å². The maximum atomic E-state index is 5.11. The molecule has 0 aromatic heterocycles. The van der Waals surface area contributed by atoms with Crippen LogP contribution in [0.5, 0.6) is 0 Å². The van der Waals surface area contributed by atoms with Gasteiger partial charge in [-0.1, -0.05) is 0 Å². The van der Waals surface area contributed by atoms with Gasteiger partial charge in [0.2, 0.25) is 0 Å². The van der Waals surface area contributed by atoms with Gasteiger partial charge in [0.1, 0.15) is 23.0 Å². The van der Waals surface area contributed by atoms with E-state index < -0.39 is 0 Å². The van der Waals surface area contributed by atoms with Crippen LogP contribution in [0.25, 0.3) is 0 Å². The smallest absolute Gasteiger partial charge is 0.110 e. The Morgan fingerprint density at radius 3 is 2.75 bits per heavy atom. The van der Waals surface area contributed by atoms with E-state index in [-0.39, 0.29) is 0 Å². The molecule has 0 bridgehead atoms. The highest BCUT2D eigenvalue weighted by atomic mass is 127. The molecule has 48 valence electrons. The van der Waals surface area contributed by atoms with Crippen LogP contribution in [0, 0.1) is 0 Å². The molecule has 0 saturated carbocycles. The summed E-state index contributed by atoms with van der Waals surface area (Å²) >= 11 is 1.97. The Morgan fingerprint density at radius 1 is 1.75 bits per heavy atom. The van der Waals surface area contributed by atoms with Gasteiger partial charge in [-0.2, -0.15) is 0 Å². The van der Waals surface area contributed by atoms with E-state index in [0.717, 1.165) is 6.54 Å².